The van der Waals surface area contributed by atoms with E-state index in [4.69, 9.17) is 9.47 Å². The molecule has 1 aliphatic heterocycles. The first kappa shape index (κ1) is 8.02. The van der Waals surface area contributed by atoms with Gasteiger partial charge in [0.2, 0.25) is 0 Å². The Morgan fingerprint density at radius 2 is 1.60 bits per heavy atom. The molecule has 0 radical (unpaired) electrons. The van der Waals surface area contributed by atoms with Crippen molar-refractivity contribution >= 4 is 0 Å². The van der Waals surface area contributed by atoms with E-state index < -0.39 is 5.79 Å². The second-order valence-corrected chi connectivity index (χ2v) is 3.87. The fraction of sp³-hybridized carbons (Fsp3) is 1.00. The molecule has 2 heteroatoms. The van der Waals surface area contributed by atoms with Crippen molar-refractivity contribution in [3.63, 3.8) is 0 Å². The van der Waals surface area contributed by atoms with Crippen LogP contribution in [0.2, 0.25) is 0 Å². The minimum absolute atomic E-state index is 0.135. The summed E-state index contributed by atoms with van der Waals surface area (Å²) in [6.45, 7) is 10.0. The summed E-state index contributed by atoms with van der Waals surface area (Å²) in [5.41, 5.74) is -0.135. The maximum Gasteiger partial charge on any atom is 0.164 e. The van der Waals surface area contributed by atoms with Crippen molar-refractivity contribution in [3.8, 4) is 0 Å². The molecule has 1 fully saturated rings. The van der Waals surface area contributed by atoms with E-state index in [1.807, 2.05) is 34.6 Å². The molecule has 10 heavy (non-hydrogen) atoms. The van der Waals surface area contributed by atoms with Gasteiger partial charge < -0.3 is 9.47 Å². The third-order valence-corrected chi connectivity index (χ3v) is 1.95. The summed E-state index contributed by atoms with van der Waals surface area (Å²) < 4.78 is 11.2. The molecule has 0 aromatic carbocycles. The Kier molecular flexibility index (Phi) is 1.57. The van der Waals surface area contributed by atoms with Gasteiger partial charge in [-0.2, -0.15) is 0 Å². The zero-order valence-electron chi connectivity index (χ0n) is 7.39. The summed E-state index contributed by atoms with van der Waals surface area (Å²) in [5, 5.41) is 0. The molecular weight excluding hydrogens is 128 g/mol. The van der Waals surface area contributed by atoms with Crippen LogP contribution in [0.25, 0.3) is 0 Å². The third kappa shape index (κ3) is 1.32. The van der Waals surface area contributed by atoms with E-state index in [0.29, 0.717) is 0 Å². The zero-order valence-corrected chi connectivity index (χ0v) is 7.39. The number of hydrogen-bond acceptors (Lipinski definition) is 2. The maximum absolute atomic E-state index is 5.63. The number of ether oxygens (including phenoxy) is 2. The van der Waals surface area contributed by atoms with Crippen molar-refractivity contribution in [1.29, 1.82) is 0 Å². The minimum Gasteiger partial charge on any atom is -0.345 e. The molecular formula is C8H16O2. The largest absolute Gasteiger partial charge is 0.345 e. The fourth-order valence-corrected chi connectivity index (χ4v) is 1.31. The lowest BCUT2D eigenvalue weighted by Crippen LogP contribution is -2.30. The average Bonchev–Trinajstić information content (AvgIpc) is 1.73. The summed E-state index contributed by atoms with van der Waals surface area (Å²) in [4.78, 5) is 0. The molecule has 1 aliphatic rings. The highest BCUT2D eigenvalue weighted by Crippen LogP contribution is 2.35. The first-order chi connectivity index (χ1) is 4.33. The Morgan fingerprint density at radius 1 is 1.10 bits per heavy atom. The lowest BCUT2D eigenvalue weighted by molar-refractivity contribution is -0.156. The van der Waals surface area contributed by atoms with Crippen LogP contribution in [0.3, 0.4) is 0 Å². The van der Waals surface area contributed by atoms with E-state index in [1.54, 1.807) is 0 Å². The van der Waals surface area contributed by atoms with Gasteiger partial charge in [-0.3, -0.25) is 0 Å². The highest BCUT2D eigenvalue weighted by atomic mass is 16.8. The summed E-state index contributed by atoms with van der Waals surface area (Å²) in [6.07, 6.45) is 0.183. The fourth-order valence-electron chi connectivity index (χ4n) is 1.31. The van der Waals surface area contributed by atoms with Gasteiger partial charge in [-0.1, -0.05) is 0 Å². The predicted molar refractivity (Wildman–Crippen MR) is 39.8 cm³/mol. The van der Waals surface area contributed by atoms with Crippen LogP contribution < -0.4 is 0 Å². The van der Waals surface area contributed by atoms with Gasteiger partial charge in [0.15, 0.2) is 5.79 Å². The molecule has 0 bridgehead atoms. The molecule has 0 saturated carbocycles. The molecule has 0 aromatic rings. The lowest BCUT2D eigenvalue weighted by Gasteiger charge is -2.21. The molecule has 0 aromatic heterocycles. The van der Waals surface area contributed by atoms with Crippen LogP contribution in [0.15, 0.2) is 0 Å². The minimum atomic E-state index is -0.400. The highest BCUT2D eigenvalue weighted by molar-refractivity contribution is 4.85. The standard InChI is InChI=1S/C8H16O2/c1-6-7(2,3)10-8(4,5)9-6/h6H,1-5H3/t6-/m1/s1. The Hall–Kier alpha value is -0.0800. The monoisotopic (exact) mass is 144 g/mol. The SMILES string of the molecule is C[C@H]1OC(C)(C)OC1(C)C. The van der Waals surface area contributed by atoms with Crippen LogP contribution in [0.4, 0.5) is 0 Å². The van der Waals surface area contributed by atoms with Gasteiger partial charge in [-0.25, -0.2) is 0 Å². The molecule has 60 valence electrons. The second kappa shape index (κ2) is 1.95. The Balaban J connectivity index is 2.71. The summed E-state index contributed by atoms with van der Waals surface area (Å²) in [6, 6.07) is 0. The van der Waals surface area contributed by atoms with Crippen molar-refractivity contribution in [2.45, 2.75) is 52.1 Å². The Morgan fingerprint density at radius 3 is 1.70 bits per heavy atom. The summed E-state index contributed by atoms with van der Waals surface area (Å²) >= 11 is 0. The van der Waals surface area contributed by atoms with Crippen LogP contribution in [0.1, 0.15) is 34.6 Å². The molecule has 1 rings (SSSR count). The second-order valence-electron chi connectivity index (χ2n) is 3.87. The van der Waals surface area contributed by atoms with Crippen LogP contribution >= 0.6 is 0 Å². The maximum atomic E-state index is 5.63. The van der Waals surface area contributed by atoms with Crippen LogP contribution in [-0.4, -0.2) is 17.5 Å². The van der Waals surface area contributed by atoms with Crippen LogP contribution in [0.5, 0.6) is 0 Å². The molecule has 0 aliphatic carbocycles. The highest BCUT2D eigenvalue weighted by Gasteiger charge is 2.44. The van der Waals surface area contributed by atoms with Crippen molar-refractivity contribution in [3.05, 3.63) is 0 Å². The molecule has 1 saturated heterocycles. The lowest BCUT2D eigenvalue weighted by atomic mass is 10.0. The number of rotatable bonds is 0. The van der Waals surface area contributed by atoms with Crippen molar-refractivity contribution in [1.82, 2.24) is 0 Å². The van der Waals surface area contributed by atoms with E-state index in [1.165, 1.54) is 0 Å². The number of hydrogen-bond donors (Lipinski definition) is 0. The van der Waals surface area contributed by atoms with Gasteiger partial charge in [0.05, 0.1) is 11.7 Å². The van der Waals surface area contributed by atoms with Gasteiger partial charge in [0.25, 0.3) is 0 Å². The normalized spacial score (nSPS) is 36.3. The summed E-state index contributed by atoms with van der Waals surface area (Å²) in [5.74, 6) is -0.400. The van der Waals surface area contributed by atoms with Gasteiger partial charge in [0, 0.05) is 0 Å². The molecule has 1 atom stereocenters. The van der Waals surface area contributed by atoms with Crippen molar-refractivity contribution < 1.29 is 9.47 Å². The zero-order chi connectivity index (χ0) is 7.99. The Bertz CT molecular complexity index is 138. The molecule has 0 unspecified atom stereocenters. The quantitative estimate of drug-likeness (QED) is 0.517. The molecule has 0 N–H and O–H groups in total. The first-order valence-electron chi connectivity index (χ1n) is 3.71. The third-order valence-electron chi connectivity index (χ3n) is 1.95. The van der Waals surface area contributed by atoms with Crippen LogP contribution in [-0.2, 0) is 9.47 Å². The van der Waals surface area contributed by atoms with E-state index >= 15 is 0 Å². The van der Waals surface area contributed by atoms with Gasteiger partial charge in [-0.15, -0.1) is 0 Å². The molecule has 2 nitrogen and oxygen atoms in total. The van der Waals surface area contributed by atoms with Crippen molar-refractivity contribution in [2.24, 2.45) is 0 Å². The van der Waals surface area contributed by atoms with E-state index in [0.717, 1.165) is 0 Å². The Labute approximate surface area is 62.5 Å². The van der Waals surface area contributed by atoms with E-state index in [2.05, 4.69) is 0 Å². The average molecular weight is 144 g/mol. The van der Waals surface area contributed by atoms with E-state index in [-0.39, 0.29) is 11.7 Å². The van der Waals surface area contributed by atoms with Crippen LogP contribution in [0, 0.1) is 0 Å². The van der Waals surface area contributed by atoms with E-state index in [9.17, 15) is 0 Å². The molecule has 1 heterocycles. The van der Waals surface area contributed by atoms with Gasteiger partial charge in [0.1, 0.15) is 0 Å². The molecule has 0 amide bonds. The van der Waals surface area contributed by atoms with Gasteiger partial charge >= 0.3 is 0 Å². The molecule has 0 spiro atoms. The smallest absolute Gasteiger partial charge is 0.164 e. The van der Waals surface area contributed by atoms with Gasteiger partial charge in [-0.05, 0) is 34.6 Å². The topological polar surface area (TPSA) is 18.5 Å². The van der Waals surface area contributed by atoms with Crippen molar-refractivity contribution in [2.75, 3.05) is 0 Å². The summed E-state index contributed by atoms with van der Waals surface area (Å²) in [7, 11) is 0. The first-order valence-corrected chi connectivity index (χ1v) is 3.71. The predicted octanol–water partition coefficient (Wildman–Crippen LogP) is 1.94.